The van der Waals surface area contributed by atoms with Gasteiger partial charge in [-0.15, -0.1) is 0 Å². The van der Waals surface area contributed by atoms with E-state index >= 15 is 0 Å². The molecule has 0 amide bonds. The van der Waals surface area contributed by atoms with Crippen LogP contribution in [0.15, 0.2) is 0 Å². The Morgan fingerprint density at radius 1 is 1.17 bits per heavy atom. The van der Waals surface area contributed by atoms with E-state index in [0.717, 1.165) is 0 Å². The third-order valence-corrected chi connectivity index (χ3v) is 0. The van der Waals surface area contributed by atoms with Gasteiger partial charge in [-0.25, -0.2) is 0 Å². The van der Waals surface area contributed by atoms with E-state index in [-0.39, 0.29) is 55.2 Å². The molecule has 6 heteroatoms. The summed E-state index contributed by atoms with van der Waals surface area (Å²) in [5.74, 6) is 0. The fraction of sp³-hybridized carbons (Fsp3) is 0. The molecule has 0 atom stereocenters. The van der Waals surface area contributed by atoms with Gasteiger partial charge in [0, 0.05) is 55.2 Å². The Morgan fingerprint density at radius 2 is 1.17 bits per heavy atom. The van der Waals surface area contributed by atoms with Crippen LogP contribution in [0.5, 0.6) is 0 Å². The molecule has 0 rings (SSSR count). The Hall–Kier alpha value is 1.54. The standard InChI is InChI=1S/Co.Cr.O2Si.Pt/c;;1-3-2;. The van der Waals surface area contributed by atoms with Crippen molar-refractivity contribution in [2.45, 2.75) is 0 Å². The van der Waals surface area contributed by atoms with E-state index in [9.17, 15) is 0 Å². The molecule has 0 bridgehead atoms. The molecule has 41 valence electrons. The first-order chi connectivity index (χ1) is 1.41. The summed E-state index contributed by atoms with van der Waals surface area (Å²) in [7, 11) is -1.42. The molecule has 0 saturated carbocycles. The summed E-state index contributed by atoms with van der Waals surface area (Å²) in [6.07, 6.45) is 0. The second-order valence-electron chi connectivity index (χ2n) is 0.0833. The minimum atomic E-state index is -1.42. The van der Waals surface area contributed by atoms with Crippen molar-refractivity contribution in [2.75, 3.05) is 0 Å². The van der Waals surface area contributed by atoms with Gasteiger partial charge in [-0.3, -0.25) is 8.92 Å². The molecule has 0 aromatic heterocycles. The molecule has 0 aromatic carbocycles. The maximum Gasteiger partial charge on any atom is 0.549 e. The molecule has 0 aliphatic carbocycles. The van der Waals surface area contributed by atoms with Crippen LogP contribution in [0, 0.1) is 0 Å². The molecule has 0 aliphatic rings. The van der Waals surface area contributed by atoms with Gasteiger partial charge >= 0.3 is 9.29 Å². The second-order valence-corrected chi connectivity index (χ2v) is 0.250. The monoisotopic (exact) mass is 366 g/mol. The normalized spacial score (nSPS) is 1.33. The first kappa shape index (κ1) is 25.7. The zero-order chi connectivity index (χ0) is 2.71. The van der Waals surface area contributed by atoms with Crippen molar-refractivity contribution in [3.63, 3.8) is 0 Å². The summed E-state index contributed by atoms with van der Waals surface area (Å²) in [6.45, 7) is 0. The zero-order valence-electron chi connectivity index (χ0n) is 2.37. The van der Waals surface area contributed by atoms with E-state index < -0.39 is 9.29 Å². The van der Waals surface area contributed by atoms with Crippen LogP contribution in [0.2, 0.25) is 0 Å². The maximum absolute atomic E-state index is 8.40. The van der Waals surface area contributed by atoms with Crippen LogP contribution in [0.4, 0.5) is 0 Å². The first-order valence-corrected chi connectivity index (χ1v) is 1.22. The van der Waals surface area contributed by atoms with Gasteiger partial charge in [0.1, 0.15) is 0 Å². The van der Waals surface area contributed by atoms with E-state index in [1.165, 1.54) is 0 Å². The van der Waals surface area contributed by atoms with Gasteiger partial charge in [0.05, 0.1) is 0 Å². The van der Waals surface area contributed by atoms with Crippen LogP contribution in [-0.2, 0) is 64.1 Å². The van der Waals surface area contributed by atoms with Gasteiger partial charge in [0.2, 0.25) is 0 Å². The summed E-state index contributed by atoms with van der Waals surface area (Å²) >= 11 is 0. The van der Waals surface area contributed by atoms with Crippen molar-refractivity contribution in [3.8, 4) is 0 Å². The fourth-order valence-electron chi connectivity index (χ4n) is 0. The summed E-state index contributed by atoms with van der Waals surface area (Å²) < 4.78 is 16.8. The maximum atomic E-state index is 8.40. The van der Waals surface area contributed by atoms with E-state index in [4.69, 9.17) is 8.92 Å². The van der Waals surface area contributed by atoms with Crippen molar-refractivity contribution in [2.24, 2.45) is 0 Å². The Kier molecular flexibility index (Phi) is 133. The Bertz CT molecular complexity index is 34.5. The van der Waals surface area contributed by atoms with Gasteiger partial charge in [-0.05, 0) is 0 Å². The van der Waals surface area contributed by atoms with Crippen LogP contribution < -0.4 is 0 Å². The van der Waals surface area contributed by atoms with Crippen LogP contribution in [0.3, 0.4) is 0 Å². The molecule has 0 heterocycles. The van der Waals surface area contributed by atoms with Crippen LogP contribution in [0.1, 0.15) is 0 Å². The fourth-order valence-corrected chi connectivity index (χ4v) is 0. The van der Waals surface area contributed by atoms with Gasteiger partial charge < -0.3 is 0 Å². The van der Waals surface area contributed by atoms with Gasteiger partial charge in [-0.2, -0.15) is 0 Å². The summed E-state index contributed by atoms with van der Waals surface area (Å²) in [6, 6.07) is 0. The van der Waals surface area contributed by atoms with Crippen molar-refractivity contribution < 1.29 is 64.1 Å². The third kappa shape index (κ3) is 48.0. The average Bonchev–Trinajstić information content (AvgIpc) is 0.918. The molecule has 0 N–H and O–H groups in total. The summed E-state index contributed by atoms with van der Waals surface area (Å²) in [5.41, 5.74) is 0. The van der Waals surface area contributed by atoms with E-state index in [1.54, 1.807) is 0 Å². The second kappa shape index (κ2) is 31.1. The van der Waals surface area contributed by atoms with Gasteiger partial charge in [0.15, 0.2) is 0 Å². The summed E-state index contributed by atoms with van der Waals surface area (Å²) in [5, 5.41) is 0. The summed E-state index contributed by atoms with van der Waals surface area (Å²) in [4.78, 5) is 0. The first-order valence-electron chi connectivity index (χ1n) is 0.408. The largest absolute Gasteiger partial charge is 0.549 e. The Morgan fingerprint density at radius 3 is 1.17 bits per heavy atom. The Balaban J connectivity index is -0.00000000667. The number of hydrogen-bond acceptors (Lipinski definition) is 2. The predicted octanol–water partition coefficient (Wildman–Crippen LogP) is -0.626. The quantitative estimate of drug-likeness (QED) is 0.536. The Labute approximate surface area is 73.0 Å². The van der Waals surface area contributed by atoms with E-state index in [1.807, 2.05) is 0 Å². The predicted molar refractivity (Wildman–Crippen MR) is 7.13 cm³/mol. The SMILES string of the molecule is O=[Si]=O.[Co].[Cr].[Pt]. The molecule has 0 aromatic rings. The van der Waals surface area contributed by atoms with Crippen molar-refractivity contribution in [1.29, 1.82) is 0 Å². The molecule has 0 spiro atoms. The zero-order valence-corrected chi connectivity index (χ0v) is 7.96. The molecule has 0 aliphatic heterocycles. The van der Waals surface area contributed by atoms with Crippen LogP contribution >= 0.6 is 0 Å². The molecular weight excluding hydrogens is 366 g/mol. The third-order valence-electron chi connectivity index (χ3n) is 0. The number of rotatable bonds is 0. The van der Waals surface area contributed by atoms with E-state index in [2.05, 4.69) is 0 Å². The molecule has 0 saturated heterocycles. The topological polar surface area (TPSA) is 34.1 Å². The smallest absolute Gasteiger partial charge is 0.274 e. The molecule has 6 heavy (non-hydrogen) atoms. The van der Waals surface area contributed by atoms with Crippen molar-refractivity contribution in [1.82, 2.24) is 0 Å². The average molecular weight is 366 g/mol. The molecule has 0 unspecified atom stereocenters. The van der Waals surface area contributed by atoms with Crippen LogP contribution in [0.25, 0.3) is 0 Å². The minimum absolute atomic E-state index is 0. The van der Waals surface area contributed by atoms with Gasteiger partial charge in [-0.1, -0.05) is 0 Å². The van der Waals surface area contributed by atoms with E-state index in [0.29, 0.717) is 0 Å². The number of hydrogen-bond donors (Lipinski definition) is 0. The molecular formula is CoCrO2PtSi. The van der Waals surface area contributed by atoms with Crippen molar-refractivity contribution >= 4 is 9.29 Å². The minimum Gasteiger partial charge on any atom is -0.274 e. The molecule has 1 radical (unpaired) electrons. The van der Waals surface area contributed by atoms with Crippen LogP contribution in [-0.4, -0.2) is 9.29 Å². The molecule has 0 fully saturated rings. The van der Waals surface area contributed by atoms with Gasteiger partial charge in [0.25, 0.3) is 0 Å². The van der Waals surface area contributed by atoms with Crippen molar-refractivity contribution in [3.05, 3.63) is 0 Å². The molecule has 2 nitrogen and oxygen atoms in total.